The summed E-state index contributed by atoms with van der Waals surface area (Å²) < 4.78 is 5.01. The van der Waals surface area contributed by atoms with E-state index in [0.29, 0.717) is 0 Å². The molecule has 1 heterocycles. The smallest absolute Gasteiger partial charge is 0.0591 e. The molecule has 2 N–H and O–H groups in total. The van der Waals surface area contributed by atoms with Crippen molar-refractivity contribution in [2.75, 3.05) is 26.3 Å². The minimum Gasteiger partial charge on any atom is -0.379 e. The fraction of sp³-hybridized carbons (Fsp3) is 1.00. The van der Waals surface area contributed by atoms with Gasteiger partial charge in [-0.05, 0) is 25.7 Å². The highest BCUT2D eigenvalue weighted by Crippen LogP contribution is 2.22. The molecule has 2 saturated carbocycles. The molecule has 0 radical (unpaired) electrons. The number of rotatable bonds is 2. The predicted octanol–water partition coefficient (Wildman–Crippen LogP) is 2.85. The predicted molar refractivity (Wildman–Crippen MR) is 80.6 cm³/mol. The molecule has 0 spiro atoms. The lowest BCUT2D eigenvalue weighted by molar-refractivity contribution is 0.109. The van der Waals surface area contributed by atoms with Gasteiger partial charge in [-0.3, -0.25) is 0 Å². The van der Waals surface area contributed by atoms with Crippen molar-refractivity contribution in [2.24, 2.45) is 0 Å². The molecule has 0 atom stereocenters. The molecule has 0 unspecified atom stereocenters. The Bertz CT molecular complexity index is 179. The molecule has 3 heteroatoms. The minimum absolute atomic E-state index is 0.872. The molecule has 3 fully saturated rings. The summed E-state index contributed by atoms with van der Waals surface area (Å²) in [4.78, 5) is 0. The van der Waals surface area contributed by atoms with E-state index >= 15 is 0 Å². The standard InChI is InChI=1S/C12H23N.C4H9NO/c1-3-7-11(8-4-1)13-12-9-5-2-6-10-12;1-3-6-4-2-5-1/h11-13H,1-10H2;5H,1-4H2. The topological polar surface area (TPSA) is 33.3 Å². The van der Waals surface area contributed by atoms with Crippen LogP contribution in [0.15, 0.2) is 0 Å². The van der Waals surface area contributed by atoms with Crippen molar-refractivity contribution in [1.82, 2.24) is 10.6 Å². The lowest BCUT2D eigenvalue weighted by atomic mass is 9.91. The number of ether oxygens (including phenoxy) is 1. The lowest BCUT2D eigenvalue weighted by Gasteiger charge is -2.30. The fourth-order valence-corrected chi connectivity index (χ4v) is 3.39. The maximum absolute atomic E-state index is 5.01. The highest BCUT2D eigenvalue weighted by Gasteiger charge is 2.19. The van der Waals surface area contributed by atoms with Crippen LogP contribution in [0.1, 0.15) is 64.2 Å². The maximum atomic E-state index is 5.01. The first kappa shape index (κ1) is 15.3. The summed E-state index contributed by atoms with van der Waals surface area (Å²) >= 11 is 0. The van der Waals surface area contributed by atoms with Gasteiger partial charge in [0, 0.05) is 25.2 Å². The SMILES string of the molecule is C1CCC(NC2CCCCC2)CC1.C1COCCN1. The van der Waals surface area contributed by atoms with Gasteiger partial charge in [0.05, 0.1) is 13.2 Å². The Labute approximate surface area is 118 Å². The average molecular weight is 268 g/mol. The van der Waals surface area contributed by atoms with Crippen molar-refractivity contribution in [3.05, 3.63) is 0 Å². The van der Waals surface area contributed by atoms with Crippen molar-refractivity contribution >= 4 is 0 Å². The van der Waals surface area contributed by atoms with E-state index in [0.717, 1.165) is 38.4 Å². The van der Waals surface area contributed by atoms with E-state index in [4.69, 9.17) is 4.74 Å². The molecule has 3 rings (SSSR count). The van der Waals surface area contributed by atoms with E-state index in [2.05, 4.69) is 10.6 Å². The van der Waals surface area contributed by atoms with Crippen LogP contribution < -0.4 is 10.6 Å². The van der Waals surface area contributed by atoms with Gasteiger partial charge < -0.3 is 15.4 Å². The average Bonchev–Trinajstić information content (AvgIpc) is 2.52. The highest BCUT2D eigenvalue weighted by molar-refractivity contribution is 4.79. The third-order valence-electron chi connectivity index (χ3n) is 4.53. The summed E-state index contributed by atoms with van der Waals surface area (Å²) in [7, 11) is 0. The molecule has 0 aromatic heterocycles. The van der Waals surface area contributed by atoms with Gasteiger partial charge in [0.2, 0.25) is 0 Å². The summed E-state index contributed by atoms with van der Waals surface area (Å²) in [5.74, 6) is 0. The normalized spacial score (nSPS) is 26.5. The maximum Gasteiger partial charge on any atom is 0.0591 e. The summed E-state index contributed by atoms with van der Waals surface area (Å²) in [5.41, 5.74) is 0. The Morgan fingerprint density at radius 1 is 0.684 bits per heavy atom. The second-order valence-electron chi connectivity index (χ2n) is 6.20. The van der Waals surface area contributed by atoms with Crippen LogP contribution in [-0.2, 0) is 4.74 Å². The van der Waals surface area contributed by atoms with Crippen LogP contribution >= 0.6 is 0 Å². The second-order valence-corrected chi connectivity index (χ2v) is 6.20. The van der Waals surface area contributed by atoms with Crippen LogP contribution in [0.5, 0.6) is 0 Å². The Morgan fingerprint density at radius 3 is 1.47 bits per heavy atom. The van der Waals surface area contributed by atoms with Gasteiger partial charge in [0.25, 0.3) is 0 Å². The Kier molecular flexibility index (Phi) is 7.82. The van der Waals surface area contributed by atoms with E-state index in [1.807, 2.05) is 0 Å². The summed E-state index contributed by atoms with van der Waals surface area (Å²) in [6.07, 6.45) is 14.6. The van der Waals surface area contributed by atoms with Crippen LogP contribution in [0.25, 0.3) is 0 Å². The van der Waals surface area contributed by atoms with E-state index < -0.39 is 0 Å². The zero-order valence-electron chi connectivity index (χ0n) is 12.5. The first-order valence-electron chi connectivity index (χ1n) is 8.49. The minimum atomic E-state index is 0.872. The first-order valence-corrected chi connectivity index (χ1v) is 8.49. The van der Waals surface area contributed by atoms with Crippen LogP contribution in [0, 0.1) is 0 Å². The number of hydrogen-bond donors (Lipinski definition) is 2. The molecule has 112 valence electrons. The number of nitrogens with one attached hydrogen (secondary N) is 2. The molecule has 0 bridgehead atoms. The van der Waals surface area contributed by atoms with E-state index in [-0.39, 0.29) is 0 Å². The van der Waals surface area contributed by atoms with Gasteiger partial charge >= 0.3 is 0 Å². The lowest BCUT2D eigenvalue weighted by Crippen LogP contribution is -2.40. The Hall–Kier alpha value is -0.120. The molecule has 2 aliphatic carbocycles. The molecule has 0 amide bonds. The van der Waals surface area contributed by atoms with Crippen LogP contribution in [-0.4, -0.2) is 38.4 Å². The third kappa shape index (κ3) is 6.73. The second kappa shape index (κ2) is 9.73. The van der Waals surface area contributed by atoms with Crippen molar-refractivity contribution < 1.29 is 4.74 Å². The molecular formula is C16H32N2O. The summed E-state index contributed by atoms with van der Waals surface area (Å²) in [6, 6.07) is 1.74. The monoisotopic (exact) mass is 268 g/mol. The molecule has 19 heavy (non-hydrogen) atoms. The highest BCUT2D eigenvalue weighted by atomic mass is 16.5. The largest absolute Gasteiger partial charge is 0.379 e. The van der Waals surface area contributed by atoms with Crippen molar-refractivity contribution in [1.29, 1.82) is 0 Å². The molecule has 3 aliphatic rings. The van der Waals surface area contributed by atoms with E-state index in [9.17, 15) is 0 Å². The Morgan fingerprint density at radius 2 is 1.16 bits per heavy atom. The zero-order valence-corrected chi connectivity index (χ0v) is 12.5. The summed E-state index contributed by atoms with van der Waals surface area (Å²) in [5, 5.41) is 7.02. The van der Waals surface area contributed by atoms with Gasteiger partial charge in [0.1, 0.15) is 0 Å². The van der Waals surface area contributed by atoms with Crippen molar-refractivity contribution in [2.45, 2.75) is 76.3 Å². The molecular weight excluding hydrogens is 236 g/mol. The van der Waals surface area contributed by atoms with E-state index in [1.54, 1.807) is 0 Å². The molecule has 0 aromatic rings. The quantitative estimate of drug-likeness (QED) is 0.808. The van der Waals surface area contributed by atoms with Gasteiger partial charge in [-0.15, -0.1) is 0 Å². The van der Waals surface area contributed by atoms with Crippen molar-refractivity contribution in [3.8, 4) is 0 Å². The molecule has 3 nitrogen and oxygen atoms in total. The van der Waals surface area contributed by atoms with Crippen LogP contribution in [0.3, 0.4) is 0 Å². The zero-order chi connectivity index (χ0) is 13.2. The summed E-state index contributed by atoms with van der Waals surface area (Å²) in [6.45, 7) is 3.83. The van der Waals surface area contributed by atoms with Gasteiger partial charge in [-0.2, -0.15) is 0 Å². The van der Waals surface area contributed by atoms with Crippen LogP contribution in [0.2, 0.25) is 0 Å². The van der Waals surface area contributed by atoms with Crippen molar-refractivity contribution in [3.63, 3.8) is 0 Å². The molecule has 1 saturated heterocycles. The number of morpholine rings is 1. The van der Waals surface area contributed by atoms with Gasteiger partial charge in [0.15, 0.2) is 0 Å². The first-order chi connectivity index (χ1) is 9.45. The molecule has 0 aromatic carbocycles. The number of hydrogen-bond acceptors (Lipinski definition) is 3. The van der Waals surface area contributed by atoms with Gasteiger partial charge in [-0.1, -0.05) is 38.5 Å². The third-order valence-corrected chi connectivity index (χ3v) is 4.53. The van der Waals surface area contributed by atoms with Crippen LogP contribution in [0.4, 0.5) is 0 Å². The molecule has 1 aliphatic heterocycles. The fourth-order valence-electron chi connectivity index (χ4n) is 3.39. The van der Waals surface area contributed by atoms with Gasteiger partial charge in [-0.25, -0.2) is 0 Å². The van der Waals surface area contributed by atoms with E-state index in [1.165, 1.54) is 64.2 Å². The Balaban J connectivity index is 0.000000186.